The molecule has 1 aromatic carbocycles. The fourth-order valence-electron chi connectivity index (χ4n) is 0.949. The highest BCUT2D eigenvalue weighted by atomic mass is 127. The highest BCUT2D eigenvalue weighted by Gasteiger charge is 2.15. The third kappa shape index (κ3) is 3.08. The van der Waals surface area contributed by atoms with E-state index in [1.807, 2.05) is 0 Å². The Labute approximate surface area is 97.6 Å². The number of alkyl halides is 2. The monoisotopic (exact) mass is 330 g/mol. The van der Waals surface area contributed by atoms with Crippen molar-refractivity contribution in [2.45, 2.75) is 13.5 Å². The van der Waals surface area contributed by atoms with Gasteiger partial charge in [0, 0.05) is 5.56 Å². The van der Waals surface area contributed by atoms with Gasteiger partial charge in [0.1, 0.15) is 11.6 Å². The number of halogens is 4. The predicted octanol–water partition coefficient (Wildman–Crippen LogP) is 3.23. The van der Waals surface area contributed by atoms with E-state index >= 15 is 0 Å². The molecule has 0 fully saturated rings. The fraction of sp³-hybridized carbons (Fsp3) is 0.222. The maximum atomic E-state index is 13.2. The summed E-state index contributed by atoms with van der Waals surface area (Å²) in [4.78, 5) is 10.9. The van der Waals surface area contributed by atoms with E-state index in [1.165, 1.54) is 29.5 Å². The molecule has 0 aliphatic heterocycles. The highest BCUT2D eigenvalue weighted by molar-refractivity contribution is 14.1. The molecule has 0 bridgehead atoms. The summed E-state index contributed by atoms with van der Waals surface area (Å²) in [6, 6.07) is 2.09. The minimum atomic E-state index is -3.04. The number of benzene rings is 1. The number of Topliss-reactive ketones (excluding diaryl/α,β-unsaturated/α-hetero) is 1. The van der Waals surface area contributed by atoms with Gasteiger partial charge in [-0.2, -0.15) is 8.78 Å². The number of rotatable bonds is 3. The van der Waals surface area contributed by atoms with E-state index in [-0.39, 0.29) is 14.9 Å². The summed E-state index contributed by atoms with van der Waals surface area (Å²) in [5, 5.41) is 0. The molecule has 0 aliphatic rings. The Hall–Kier alpha value is -0.790. The van der Waals surface area contributed by atoms with Gasteiger partial charge in [-0.1, -0.05) is 0 Å². The normalized spacial score (nSPS) is 10.5. The van der Waals surface area contributed by atoms with Crippen LogP contribution in [0.1, 0.15) is 17.3 Å². The van der Waals surface area contributed by atoms with Crippen molar-refractivity contribution < 1.29 is 22.7 Å². The predicted molar refractivity (Wildman–Crippen MR) is 55.8 cm³/mol. The molecule has 0 spiro atoms. The average Bonchev–Trinajstić information content (AvgIpc) is 2.11. The van der Waals surface area contributed by atoms with Crippen molar-refractivity contribution in [1.82, 2.24) is 0 Å². The van der Waals surface area contributed by atoms with E-state index in [4.69, 9.17) is 0 Å². The molecule has 1 rings (SSSR count). The molecule has 0 radical (unpaired) electrons. The van der Waals surface area contributed by atoms with Gasteiger partial charge in [-0.15, -0.1) is 0 Å². The van der Waals surface area contributed by atoms with Crippen molar-refractivity contribution in [3.05, 3.63) is 27.1 Å². The van der Waals surface area contributed by atoms with Crippen LogP contribution in [0, 0.1) is 9.39 Å². The van der Waals surface area contributed by atoms with Gasteiger partial charge in [0.15, 0.2) is 5.78 Å². The molecule has 0 amide bonds. The van der Waals surface area contributed by atoms with Crippen molar-refractivity contribution in [2.24, 2.45) is 0 Å². The second kappa shape index (κ2) is 4.82. The molecule has 0 atom stereocenters. The third-order valence-electron chi connectivity index (χ3n) is 1.62. The molecule has 1 aromatic rings. The minimum Gasteiger partial charge on any atom is -0.434 e. The largest absolute Gasteiger partial charge is 0.434 e. The van der Waals surface area contributed by atoms with Crippen LogP contribution >= 0.6 is 22.6 Å². The number of hydrogen-bond donors (Lipinski definition) is 0. The van der Waals surface area contributed by atoms with Crippen LogP contribution in [-0.4, -0.2) is 12.4 Å². The Morgan fingerprint density at radius 2 is 2.07 bits per heavy atom. The highest BCUT2D eigenvalue weighted by Crippen LogP contribution is 2.27. The van der Waals surface area contributed by atoms with Crippen LogP contribution in [-0.2, 0) is 0 Å². The molecular weight excluding hydrogens is 324 g/mol. The second-order valence-corrected chi connectivity index (χ2v) is 3.78. The molecule has 6 heteroatoms. The lowest BCUT2D eigenvalue weighted by Crippen LogP contribution is -2.06. The molecule has 15 heavy (non-hydrogen) atoms. The van der Waals surface area contributed by atoms with E-state index in [9.17, 15) is 18.0 Å². The van der Waals surface area contributed by atoms with Gasteiger partial charge < -0.3 is 4.74 Å². The van der Waals surface area contributed by atoms with Crippen LogP contribution in [0.2, 0.25) is 0 Å². The van der Waals surface area contributed by atoms with E-state index in [2.05, 4.69) is 4.74 Å². The van der Waals surface area contributed by atoms with Crippen LogP contribution in [0.15, 0.2) is 12.1 Å². The van der Waals surface area contributed by atoms with Crippen molar-refractivity contribution in [3.8, 4) is 5.75 Å². The lowest BCUT2D eigenvalue weighted by atomic mass is 10.1. The van der Waals surface area contributed by atoms with E-state index < -0.39 is 18.2 Å². The van der Waals surface area contributed by atoms with E-state index in [0.717, 1.165) is 12.1 Å². The number of carbonyl (C=O) groups excluding carboxylic acids is 1. The number of hydrogen-bond acceptors (Lipinski definition) is 2. The molecule has 0 heterocycles. The summed E-state index contributed by atoms with van der Waals surface area (Å²) in [5.74, 6) is -1.49. The summed E-state index contributed by atoms with van der Waals surface area (Å²) in [6.45, 7) is -1.83. The molecule has 82 valence electrons. The maximum absolute atomic E-state index is 13.2. The van der Waals surface area contributed by atoms with Crippen LogP contribution in [0.4, 0.5) is 13.2 Å². The third-order valence-corrected chi connectivity index (χ3v) is 2.66. The molecule has 0 aromatic heterocycles. The second-order valence-electron chi connectivity index (χ2n) is 2.70. The van der Waals surface area contributed by atoms with Gasteiger partial charge in [-0.3, -0.25) is 4.79 Å². The van der Waals surface area contributed by atoms with Gasteiger partial charge in [-0.05, 0) is 41.6 Å². The van der Waals surface area contributed by atoms with Crippen LogP contribution in [0.3, 0.4) is 0 Å². The van der Waals surface area contributed by atoms with Crippen molar-refractivity contribution in [3.63, 3.8) is 0 Å². The lowest BCUT2D eigenvalue weighted by Gasteiger charge is -2.08. The van der Waals surface area contributed by atoms with E-state index in [1.54, 1.807) is 0 Å². The summed E-state index contributed by atoms with van der Waals surface area (Å²) >= 11 is 1.53. The fourth-order valence-corrected chi connectivity index (χ4v) is 1.39. The van der Waals surface area contributed by atoms with Gasteiger partial charge >= 0.3 is 6.61 Å². The topological polar surface area (TPSA) is 26.3 Å². The molecule has 0 saturated heterocycles. The molecule has 0 unspecified atom stereocenters. The van der Waals surface area contributed by atoms with Gasteiger partial charge in [0.25, 0.3) is 0 Å². The van der Waals surface area contributed by atoms with E-state index in [0.29, 0.717) is 0 Å². The number of carbonyl (C=O) groups is 1. The van der Waals surface area contributed by atoms with Gasteiger partial charge in [0.05, 0.1) is 3.57 Å². The molecule has 2 nitrogen and oxygen atoms in total. The van der Waals surface area contributed by atoms with Gasteiger partial charge in [0.2, 0.25) is 0 Å². The Balaban J connectivity index is 3.19. The number of ether oxygens (including phenoxy) is 1. The lowest BCUT2D eigenvalue weighted by molar-refractivity contribution is -0.0506. The quantitative estimate of drug-likeness (QED) is 0.628. The Morgan fingerprint density at radius 1 is 1.47 bits per heavy atom. The molecule has 0 saturated carbocycles. The number of ketones is 1. The summed E-state index contributed by atoms with van der Waals surface area (Å²) < 4.78 is 41.0. The van der Waals surface area contributed by atoms with Gasteiger partial charge in [-0.25, -0.2) is 4.39 Å². The van der Waals surface area contributed by atoms with Crippen LogP contribution in [0.25, 0.3) is 0 Å². The first kappa shape index (κ1) is 12.3. The van der Waals surface area contributed by atoms with Crippen molar-refractivity contribution >= 4 is 28.4 Å². The molecule has 0 aliphatic carbocycles. The Morgan fingerprint density at radius 3 is 2.53 bits per heavy atom. The summed E-state index contributed by atoms with van der Waals surface area (Å²) in [6.07, 6.45) is 0. The summed E-state index contributed by atoms with van der Waals surface area (Å²) in [7, 11) is 0. The first-order valence-electron chi connectivity index (χ1n) is 3.86. The maximum Gasteiger partial charge on any atom is 0.387 e. The zero-order valence-corrected chi connectivity index (χ0v) is 9.72. The Kier molecular flexibility index (Phi) is 3.95. The minimum absolute atomic E-state index is 0.00330. The first-order chi connectivity index (χ1) is 6.91. The van der Waals surface area contributed by atoms with Crippen molar-refractivity contribution in [2.75, 3.05) is 0 Å². The molecule has 0 N–H and O–H groups in total. The van der Waals surface area contributed by atoms with Crippen LogP contribution in [0.5, 0.6) is 5.75 Å². The zero-order chi connectivity index (χ0) is 11.6. The standard InChI is InChI=1S/C9H6F3IO2/c1-4(14)5-2-6(10)8(13)7(3-5)15-9(11)12/h2-3,9H,1H3. The molecular formula is C9H6F3IO2. The summed E-state index contributed by atoms with van der Waals surface area (Å²) in [5.41, 5.74) is 0.00330. The SMILES string of the molecule is CC(=O)c1cc(F)c(I)c(OC(F)F)c1. The Bertz CT molecular complexity index is 393. The van der Waals surface area contributed by atoms with Crippen molar-refractivity contribution in [1.29, 1.82) is 0 Å². The average molecular weight is 330 g/mol. The van der Waals surface area contributed by atoms with Crippen LogP contribution < -0.4 is 4.74 Å². The smallest absolute Gasteiger partial charge is 0.387 e. The zero-order valence-electron chi connectivity index (χ0n) is 7.56. The first-order valence-corrected chi connectivity index (χ1v) is 4.94.